The van der Waals surface area contributed by atoms with Crippen molar-refractivity contribution >= 4 is 28.8 Å². The minimum Gasteiger partial charge on any atom is -0.492 e. The maximum Gasteiger partial charge on any atom is 0.251 e. The molecule has 37 heavy (non-hydrogen) atoms. The number of rotatable bonds is 8. The van der Waals surface area contributed by atoms with Gasteiger partial charge >= 0.3 is 0 Å². The number of anilines is 1. The predicted molar refractivity (Wildman–Crippen MR) is 134 cm³/mol. The molecule has 4 N–H and O–H groups in total. The maximum atomic E-state index is 12.8. The van der Waals surface area contributed by atoms with E-state index in [2.05, 4.69) is 25.6 Å². The number of hydrogen-bond acceptors (Lipinski definition) is 9. The Bertz CT molecular complexity index is 1260. The summed E-state index contributed by atoms with van der Waals surface area (Å²) in [6, 6.07) is 5.65. The molecule has 3 aromatic rings. The number of nitrogens with zero attached hydrogens (tertiary/aromatic N) is 5. The molecule has 1 saturated heterocycles. The Balaban J connectivity index is 1.17. The molecule has 0 bridgehead atoms. The number of fused-ring (bicyclic) bond motifs is 1. The third-order valence-corrected chi connectivity index (χ3v) is 7.12. The van der Waals surface area contributed by atoms with Crippen LogP contribution in [0.1, 0.15) is 42.1 Å². The number of benzene rings is 1. The van der Waals surface area contributed by atoms with Crippen LogP contribution in [0.5, 0.6) is 5.75 Å². The number of hydrogen-bond donors (Lipinski definition) is 4. The standard InChI is InChI=1S/C25H31N7O5/c1-26-23-20-24(28-13-27-23)32(14-29-20)18-9-8-17(21(34)22(18)35)30-25(36)15-4-6-16(7-5-15)37-12-11-31-10-2-3-19(31)33/h4-7,13-14,17-18,21-22,34-35H,2-3,8-12H2,1H3,(H,30,36)(H,26,27,28)/t17-,18-,21-,22-/m1/s1. The lowest BCUT2D eigenvalue weighted by Crippen LogP contribution is -2.54. The van der Waals surface area contributed by atoms with Crippen molar-refractivity contribution in [3.8, 4) is 5.75 Å². The summed E-state index contributed by atoms with van der Waals surface area (Å²) in [6.07, 6.45) is 3.20. The van der Waals surface area contributed by atoms with E-state index in [1.165, 1.54) is 6.33 Å². The fraction of sp³-hybridized carbons (Fsp3) is 0.480. The van der Waals surface area contributed by atoms with Gasteiger partial charge in [-0.1, -0.05) is 0 Å². The van der Waals surface area contributed by atoms with E-state index in [4.69, 9.17) is 4.74 Å². The summed E-state index contributed by atoms with van der Waals surface area (Å²) in [6.45, 7) is 1.70. The number of likely N-dealkylation sites (tertiary alicyclic amines) is 1. The average Bonchev–Trinajstić information content (AvgIpc) is 3.53. The smallest absolute Gasteiger partial charge is 0.251 e. The Morgan fingerprint density at radius 1 is 1.14 bits per heavy atom. The van der Waals surface area contributed by atoms with Gasteiger partial charge in [-0.2, -0.15) is 0 Å². The first-order valence-electron chi connectivity index (χ1n) is 12.5. The number of carbonyl (C=O) groups is 2. The van der Waals surface area contributed by atoms with Crippen molar-refractivity contribution in [2.24, 2.45) is 0 Å². The van der Waals surface area contributed by atoms with Crippen LogP contribution in [0.4, 0.5) is 5.82 Å². The lowest BCUT2D eigenvalue weighted by atomic mass is 9.85. The van der Waals surface area contributed by atoms with Crippen molar-refractivity contribution in [2.45, 2.75) is 50.0 Å². The number of aliphatic hydroxyl groups is 2. The normalized spacial score (nSPS) is 23.9. The summed E-state index contributed by atoms with van der Waals surface area (Å²) in [7, 11) is 1.74. The second-order valence-corrected chi connectivity index (χ2v) is 9.36. The van der Waals surface area contributed by atoms with Crippen LogP contribution in [0.25, 0.3) is 11.2 Å². The minimum absolute atomic E-state index is 0.159. The molecule has 1 aliphatic carbocycles. The zero-order valence-electron chi connectivity index (χ0n) is 20.6. The van der Waals surface area contributed by atoms with E-state index in [0.717, 1.165) is 13.0 Å². The van der Waals surface area contributed by atoms with Crippen LogP contribution < -0.4 is 15.4 Å². The molecule has 1 aliphatic heterocycles. The Hall–Kier alpha value is -3.77. The number of carbonyl (C=O) groups excluding carboxylic acids is 2. The van der Waals surface area contributed by atoms with Gasteiger partial charge in [0.05, 0.1) is 25.0 Å². The number of imidazole rings is 1. The molecule has 1 saturated carbocycles. The summed E-state index contributed by atoms with van der Waals surface area (Å²) in [5.41, 5.74) is 1.56. The number of aromatic nitrogens is 4. The fourth-order valence-corrected chi connectivity index (χ4v) is 5.06. The molecule has 5 rings (SSSR count). The Morgan fingerprint density at radius 2 is 1.95 bits per heavy atom. The first kappa shape index (κ1) is 24.9. The zero-order chi connectivity index (χ0) is 25.9. The summed E-state index contributed by atoms with van der Waals surface area (Å²) >= 11 is 0. The molecule has 2 aliphatic rings. The second-order valence-electron chi connectivity index (χ2n) is 9.36. The van der Waals surface area contributed by atoms with Crippen LogP contribution >= 0.6 is 0 Å². The van der Waals surface area contributed by atoms with Gasteiger partial charge in [0, 0.05) is 25.6 Å². The molecule has 196 valence electrons. The van der Waals surface area contributed by atoms with Crippen molar-refractivity contribution < 1.29 is 24.5 Å². The van der Waals surface area contributed by atoms with Gasteiger partial charge in [-0.15, -0.1) is 0 Å². The molecule has 2 fully saturated rings. The molecule has 12 heteroatoms. The molecule has 12 nitrogen and oxygen atoms in total. The van der Waals surface area contributed by atoms with Crippen LogP contribution in [0.2, 0.25) is 0 Å². The lowest BCUT2D eigenvalue weighted by molar-refractivity contribution is -0.128. The molecular formula is C25H31N7O5. The zero-order valence-corrected chi connectivity index (χ0v) is 20.6. The van der Waals surface area contributed by atoms with Gasteiger partial charge in [0.1, 0.15) is 36.4 Å². The van der Waals surface area contributed by atoms with Crippen LogP contribution in [0, 0.1) is 0 Å². The van der Waals surface area contributed by atoms with Crippen LogP contribution in [-0.2, 0) is 4.79 Å². The first-order valence-corrected chi connectivity index (χ1v) is 12.5. The van der Waals surface area contributed by atoms with Gasteiger partial charge in [-0.05, 0) is 43.5 Å². The Labute approximate surface area is 213 Å². The highest BCUT2D eigenvalue weighted by atomic mass is 16.5. The predicted octanol–water partition coefficient (Wildman–Crippen LogP) is 0.724. The van der Waals surface area contributed by atoms with Gasteiger partial charge in [0.15, 0.2) is 11.5 Å². The van der Waals surface area contributed by atoms with Crippen molar-refractivity contribution in [2.75, 3.05) is 32.1 Å². The topological polar surface area (TPSA) is 155 Å². The summed E-state index contributed by atoms with van der Waals surface area (Å²) in [4.78, 5) is 39.1. The van der Waals surface area contributed by atoms with Gasteiger partial charge in [-0.25, -0.2) is 15.0 Å². The molecule has 0 unspecified atom stereocenters. The average molecular weight is 510 g/mol. The highest BCUT2D eigenvalue weighted by molar-refractivity contribution is 5.94. The fourth-order valence-electron chi connectivity index (χ4n) is 5.06. The molecule has 0 radical (unpaired) electrons. The first-order chi connectivity index (χ1) is 18.0. The SMILES string of the molecule is CNc1ncnc2c1ncn2[C@@H]1CC[C@@H](NC(=O)c2ccc(OCCN3CCCC3=O)cc2)[C@@H](O)[C@@H]1O. The van der Waals surface area contributed by atoms with Crippen molar-refractivity contribution in [1.29, 1.82) is 0 Å². The molecule has 4 atom stereocenters. The van der Waals surface area contributed by atoms with E-state index in [9.17, 15) is 19.8 Å². The molecular weight excluding hydrogens is 478 g/mol. The summed E-state index contributed by atoms with van der Waals surface area (Å²) in [5, 5.41) is 27.6. The van der Waals surface area contributed by atoms with Gasteiger partial charge in [0.2, 0.25) is 5.91 Å². The minimum atomic E-state index is -1.17. The Kier molecular flexibility index (Phi) is 7.19. The van der Waals surface area contributed by atoms with Crippen LogP contribution in [-0.4, -0.2) is 91.4 Å². The van der Waals surface area contributed by atoms with E-state index in [0.29, 0.717) is 60.7 Å². The molecule has 2 aromatic heterocycles. The molecule has 3 heterocycles. The third kappa shape index (κ3) is 5.07. The number of ether oxygens (including phenoxy) is 1. The highest BCUT2D eigenvalue weighted by Gasteiger charge is 2.39. The van der Waals surface area contributed by atoms with E-state index < -0.39 is 24.3 Å². The molecule has 2 amide bonds. The monoisotopic (exact) mass is 509 g/mol. The lowest BCUT2D eigenvalue weighted by Gasteiger charge is -2.38. The molecule has 1 aromatic carbocycles. The summed E-state index contributed by atoms with van der Waals surface area (Å²) in [5.74, 6) is 1.01. The number of nitrogens with one attached hydrogen (secondary N) is 2. The summed E-state index contributed by atoms with van der Waals surface area (Å²) < 4.78 is 7.46. The van der Waals surface area contributed by atoms with Crippen molar-refractivity contribution in [3.05, 3.63) is 42.5 Å². The van der Waals surface area contributed by atoms with Gasteiger partial charge in [0.25, 0.3) is 5.91 Å². The van der Waals surface area contributed by atoms with Crippen molar-refractivity contribution in [1.82, 2.24) is 29.7 Å². The number of amides is 2. The Morgan fingerprint density at radius 3 is 2.68 bits per heavy atom. The van der Waals surface area contributed by atoms with E-state index >= 15 is 0 Å². The highest BCUT2D eigenvalue weighted by Crippen LogP contribution is 2.32. The van der Waals surface area contributed by atoms with E-state index in [1.807, 2.05) is 0 Å². The van der Waals surface area contributed by atoms with E-state index in [1.54, 1.807) is 47.1 Å². The van der Waals surface area contributed by atoms with Crippen LogP contribution in [0.3, 0.4) is 0 Å². The van der Waals surface area contributed by atoms with E-state index in [-0.39, 0.29) is 11.8 Å². The van der Waals surface area contributed by atoms with Crippen molar-refractivity contribution in [3.63, 3.8) is 0 Å². The second kappa shape index (κ2) is 10.7. The van der Waals surface area contributed by atoms with Gasteiger partial charge in [-0.3, -0.25) is 9.59 Å². The quantitative estimate of drug-likeness (QED) is 0.344. The van der Waals surface area contributed by atoms with Gasteiger partial charge < -0.3 is 35.1 Å². The molecule has 0 spiro atoms. The van der Waals surface area contributed by atoms with Crippen LogP contribution in [0.15, 0.2) is 36.9 Å². The number of aliphatic hydroxyl groups excluding tert-OH is 2. The largest absolute Gasteiger partial charge is 0.492 e. The third-order valence-electron chi connectivity index (χ3n) is 7.12. The maximum absolute atomic E-state index is 12.8.